The molecule has 1 heterocycles. The Morgan fingerprint density at radius 3 is 2.75 bits per heavy atom. The van der Waals surface area contributed by atoms with Crippen molar-refractivity contribution in [2.24, 2.45) is 0 Å². The molecule has 1 rings (SSSR count). The van der Waals surface area contributed by atoms with Gasteiger partial charge in [-0.15, -0.1) is 0 Å². The summed E-state index contributed by atoms with van der Waals surface area (Å²) in [6, 6.07) is 1.14. The van der Waals surface area contributed by atoms with Gasteiger partial charge in [0.25, 0.3) is 6.43 Å². The maximum Gasteiger partial charge on any atom is 0.309 e. The minimum atomic E-state index is -2.82. The molecule has 0 spiro atoms. The van der Waals surface area contributed by atoms with Gasteiger partial charge in [0.2, 0.25) is 0 Å². The average molecular weight is 232 g/mol. The molecule has 0 atom stereocenters. The Hall–Kier alpha value is -1.92. The lowest BCUT2D eigenvalue weighted by Gasteiger charge is -2.11. The van der Waals surface area contributed by atoms with E-state index >= 15 is 0 Å². The first-order chi connectivity index (χ1) is 7.45. The number of aliphatic carboxylic acids is 1. The van der Waals surface area contributed by atoms with E-state index in [2.05, 4.69) is 4.98 Å². The van der Waals surface area contributed by atoms with Crippen LogP contribution in [0.1, 0.15) is 17.7 Å². The SMILES string of the molecule is COc1cc(CC(=O)O)nc(N)c1C(F)F. The molecule has 7 heteroatoms. The average Bonchev–Trinajstić information content (AvgIpc) is 2.14. The number of rotatable bonds is 4. The van der Waals surface area contributed by atoms with Crippen LogP contribution < -0.4 is 10.5 Å². The quantitative estimate of drug-likeness (QED) is 0.815. The number of carboxylic acid groups (broad SMARTS) is 1. The number of alkyl halides is 2. The van der Waals surface area contributed by atoms with Gasteiger partial charge in [0.1, 0.15) is 17.1 Å². The minimum absolute atomic E-state index is 0.0752. The summed E-state index contributed by atoms with van der Waals surface area (Å²) in [6.07, 6.45) is -3.22. The van der Waals surface area contributed by atoms with Crippen LogP contribution in [0, 0.1) is 0 Å². The number of carbonyl (C=O) groups is 1. The summed E-state index contributed by atoms with van der Waals surface area (Å²) in [5, 5.41) is 8.53. The zero-order chi connectivity index (χ0) is 12.3. The van der Waals surface area contributed by atoms with E-state index in [1.54, 1.807) is 0 Å². The van der Waals surface area contributed by atoms with Crippen molar-refractivity contribution in [1.29, 1.82) is 0 Å². The van der Waals surface area contributed by atoms with Gasteiger partial charge >= 0.3 is 5.97 Å². The molecule has 0 aliphatic rings. The Morgan fingerprint density at radius 2 is 2.31 bits per heavy atom. The Bertz CT molecular complexity index is 410. The molecule has 3 N–H and O–H groups in total. The Balaban J connectivity index is 3.20. The molecule has 16 heavy (non-hydrogen) atoms. The Morgan fingerprint density at radius 1 is 1.69 bits per heavy atom. The van der Waals surface area contributed by atoms with Gasteiger partial charge in [0.15, 0.2) is 0 Å². The summed E-state index contributed by atoms with van der Waals surface area (Å²) in [6.45, 7) is 0. The van der Waals surface area contributed by atoms with Crippen LogP contribution in [-0.4, -0.2) is 23.2 Å². The molecule has 0 bridgehead atoms. The van der Waals surface area contributed by atoms with Crippen LogP contribution in [0.15, 0.2) is 6.07 Å². The third-order valence-corrected chi connectivity index (χ3v) is 1.87. The smallest absolute Gasteiger partial charge is 0.309 e. The molecule has 0 aromatic carbocycles. The highest BCUT2D eigenvalue weighted by Crippen LogP contribution is 2.33. The lowest BCUT2D eigenvalue weighted by atomic mass is 10.2. The first-order valence-corrected chi connectivity index (χ1v) is 4.29. The summed E-state index contributed by atoms with van der Waals surface area (Å²) in [5.41, 5.74) is 4.87. The summed E-state index contributed by atoms with van der Waals surface area (Å²) in [7, 11) is 1.20. The second kappa shape index (κ2) is 4.73. The fourth-order valence-corrected chi connectivity index (χ4v) is 1.24. The van der Waals surface area contributed by atoms with Crippen LogP contribution in [0.5, 0.6) is 5.75 Å². The van der Waals surface area contributed by atoms with Crippen molar-refractivity contribution in [2.45, 2.75) is 12.8 Å². The second-order valence-electron chi connectivity index (χ2n) is 2.99. The van der Waals surface area contributed by atoms with Crippen LogP contribution in [0.3, 0.4) is 0 Å². The summed E-state index contributed by atoms with van der Waals surface area (Å²) in [4.78, 5) is 14.0. The fraction of sp³-hybridized carbons (Fsp3) is 0.333. The van der Waals surface area contributed by atoms with Crippen molar-refractivity contribution in [1.82, 2.24) is 4.98 Å². The number of nitrogens with zero attached hydrogens (tertiary/aromatic N) is 1. The molecule has 0 saturated heterocycles. The topological polar surface area (TPSA) is 85.4 Å². The van der Waals surface area contributed by atoms with E-state index in [1.807, 2.05) is 0 Å². The van der Waals surface area contributed by atoms with Crippen LogP contribution in [0.25, 0.3) is 0 Å². The molecular formula is C9H10F2N2O3. The van der Waals surface area contributed by atoms with Crippen molar-refractivity contribution >= 4 is 11.8 Å². The number of nitrogens with two attached hydrogens (primary N) is 1. The fourth-order valence-electron chi connectivity index (χ4n) is 1.24. The number of anilines is 1. The summed E-state index contributed by atoms with van der Waals surface area (Å²) < 4.78 is 29.8. The molecule has 0 aliphatic carbocycles. The highest BCUT2D eigenvalue weighted by Gasteiger charge is 2.20. The standard InChI is InChI=1S/C9H10F2N2O3/c1-16-5-2-4(3-6(14)15)13-9(12)7(5)8(10)11/h2,8H,3H2,1H3,(H2,12,13)(H,14,15). The van der Waals surface area contributed by atoms with Gasteiger partial charge in [0.05, 0.1) is 19.2 Å². The van der Waals surface area contributed by atoms with Crippen molar-refractivity contribution in [2.75, 3.05) is 12.8 Å². The van der Waals surface area contributed by atoms with Gasteiger partial charge in [-0.2, -0.15) is 0 Å². The number of nitrogen functional groups attached to an aromatic ring is 1. The molecular weight excluding hydrogens is 222 g/mol. The number of aromatic nitrogens is 1. The predicted molar refractivity (Wildman–Crippen MR) is 51.5 cm³/mol. The molecule has 0 amide bonds. The molecule has 0 saturated carbocycles. The van der Waals surface area contributed by atoms with Gasteiger partial charge in [-0.05, 0) is 0 Å². The summed E-state index contributed by atoms with van der Waals surface area (Å²) in [5.74, 6) is -1.69. The Labute approximate surface area is 89.9 Å². The molecule has 0 unspecified atom stereocenters. The molecule has 5 nitrogen and oxygen atoms in total. The van der Waals surface area contributed by atoms with Crippen molar-refractivity contribution in [3.63, 3.8) is 0 Å². The lowest BCUT2D eigenvalue weighted by molar-refractivity contribution is -0.136. The van der Waals surface area contributed by atoms with Crippen molar-refractivity contribution in [3.05, 3.63) is 17.3 Å². The molecule has 0 radical (unpaired) electrons. The van der Waals surface area contributed by atoms with Crippen molar-refractivity contribution < 1.29 is 23.4 Å². The second-order valence-corrected chi connectivity index (χ2v) is 2.99. The Kier molecular flexibility index (Phi) is 3.60. The molecule has 88 valence electrons. The predicted octanol–water partition coefficient (Wildman–Crippen LogP) is 1.24. The minimum Gasteiger partial charge on any atom is -0.496 e. The number of hydrogen-bond acceptors (Lipinski definition) is 4. The maximum absolute atomic E-state index is 12.6. The van der Waals surface area contributed by atoms with Gasteiger partial charge in [-0.3, -0.25) is 4.79 Å². The lowest BCUT2D eigenvalue weighted by Crippen LogP contribution is -2.08. The number of halogens is 2. The van der Waals surface area contributed by atoms with E-state index in [0.29, 0.717) is 0 Å². The number of carboxylic acids is 1. The van der Waals surface area contributed by atoms with E-state index < -0.39 is 30.2 Å². The van der Waals surface area contributed by atoms with E-state index in [9.17, 15) is 13.6 Å². The maximum atomic E-state index is 12.6. The van der Waals surface area contributed by atoms with E-state index in [4.69, 9.17) is 15.6 Å². The van der Waals surface area contributed by atoms with Gasteiger partial charge in [-0.25, -0.2) is 13.8 Å². The molecule has 1 aromatic rings. The first kappa shape index (κ1) is 12.2. The number of ether oxygens (including phenoxy) is 1. The van der Waals surface area contributed by atoms with Gasteiger partial charge in [0, 0.05) is 6.07 Å². The van der Waals surface area contributed by atoms with Gasteiger partial charge in [-0.1, -0.05) is 0 Å². The van der Waals surface area contributed by atoms with E-state index in [1.165, 1.54) is 7.11 Å². The van der Waals surface area contributed by atoms with E-state index in [0.717, 1.165) is 6.07 Å². The van der Waals surface area contributed by atoms with E-state index in [-0.39, 0.29) is 11.4 Å². The van der Waals surface area contributed by atoms with Gasteiger partial charge < -0.3 is 15.6 Å². The summed E-state index contributed by atoms with van der Waals surface area (Å²) >= 11 is 0. The number of methoxy groups -OCH3 is 1. The zero-order valence-corrected chi connectivity index (χ0v) is 8.41. The number of hydrogen-bond donors (Lipinski definition) is 2. The third kappa shape index (κ3) is 2.56. The number of pyridine rings is 1. The van der Waals surface area contributed by atoms with Crippen LogP contribution in [0.4, 0.5) is 14.6 Å². The van der Waals surface area contributed by atoms with Crippen LogP contribution in [0.2, 0.25) is 0 Å². The highest BCUT2D eigenvalue weighted by atomic mass is 19.3. The van der Waals surface area contributed by atoms with Crippen LogP contribution in [-0.2, 0) is 11.2 Å². The molecule has 0 fully saturated rings. The largest absolute Gasteiger partial charge is 0.496 e. The highest BCUT2D eigenvalue weighted by molar-refractivity contribution is 5.70. The zero-order valence-electron chi connectivity index (χ0n) is 8.41. The van der Waals surface area contributed by atoms with Crippen LogP contribution >= 0.6 is 0 Å². The van der Waals surface area contributed by atoms with Crippen molar-refractivity contribution in [3.8, 4) is 5.75 Å². The normalized spacial score (nSPS) is 10.5. The first-order valence-electron chi connectivity index (χ1n) is 4.29. The third-order valence-electron chi connectivity index (χ3n) is 1.87. The monoisotopic (exact) mass is 232 g/mol. The molecule has 1 aromatic heterocycles. The molecule has 0 aliphatic heterocycles.